The Kier molecular flexibility index (Phi) is 4.34. The van der Waals surface area contributed by atoms with E-state index in [-0.39, 0.29) is 5.56 Å². The van der Waals surface area contributed by atoms with Gasteiger partial charge >= 0.3 is 12.1 Å². The zero-order valence-electron chi connectivity index (χ0n) is 11.3. The molecule has 0 radical (unpaired) electrons. The van der Waals surface area contributed by atoms with Crippen molar-refractivity contribution in [2.75, 3.05) is 0 Å². The summed E-state index contributed by atoms with van der Waals surface area (Å²) in [7, 11) is 0. The molecule has 0 spiro atoms. The van der Waals surface area contributed by atoms with E-state index in [1.807, 2.05) is 0 Å². The van der Waals surface area contributed by atoms with E-state index in [0.717, 1.165) is 12.1 Å². The maximum absolute atomic E-state index is 13.1. The summed E-state index contributed by atoms with van der Waals surface area (Å²) in [6.07, 6.45) is -5.69. The van der Waals surface area contributed by atoms with Crippen LogP contribution in [0.1, 0.15) is 32.4 Å². The fraction of sp³-hybridized carbons (Fsp3) is 0.538. The van der Waals surface area contributed by atoms with E-state index >= 15 is 0 Å². The van der Waals surface area contributed by atoms with E-state index in [4.69, 9.17) is 10.5 Å². The summed E-state index contributed by atoms with van der Waals surface area (Å²) in [6, 6.07) is 2.38. The van der Waals surface area contributed by atoms with Crippen molar-refractivity contribution in [3.05, 3.63) is 29.8 Å². The summed E-state index contributed by atoms with van der Waals surface area (Å²) in [6.45, 7) is 5.35. The lowest BCUT2D eigenvalue weighted by molar-refractivity contribution is -0.291. The van der Waals surface area contributed by atoms with Crippen molar-refractivity contribution in [3.63, 3.8) is 0 Å². The minimum absolute atomic E-state index is 0.311. The standard InChI is InChI=1S/C13H16F5NO/c1-11(2,3)20-9-6-4-8(5-7-9)10(19)12(14,15)13(16,17)18/h4-7,10H,19H2,1-3H3/t10-/m1/s1. The number of benzene rings is 1. The summed E-state index contributed by atoms with van der Waals surface area (Å²) in [4.78, 5) is 0. The second-order valence-corrected chi connectivity index (χ2v) is 5.38. The number of rotatable bonds is 3. The summed E-state index contributed by atoms with van der Waals surface area (Å²) in [5.74, 6) is -4.62. The van der Waals surface area contributed by atoms with Crippen molar-refractivity contribution in [3.8, 4) is 5.75 Å². The van der Waals surface area contributed by atoms with Crippen molar-refractivity contribution in [1.82, 2.24) is 0 Å². The van der Waals surface area contributed by atoms with Gasteiger partial charge < -0.3 is 10.5 Å². The first-order valence-corrected chi connectivity index (χ1v) is 5.84. The number of alkyl halides is 5. The van der Waals surface area contributed by atoms with Gasteiger partial charge in [0.2, 0.25) is 0 Å². The third kappa shape index (κ3) is 3.82. The van der Waals surface area contributed by atoms with Crippen LogP contribution >= 0.6 is 0 Å². The van der Waals surface area contributed by atoms with Crippen molar-refractivity contribution in [2.45, 2.75) is 44.5 Å². The van der Waals surface area contributed by atoms with Crippen LogP contribution in [-0.2, 0) is 0 Å². The molecule has 0 unspecified atom stereocenters. The molecule has 0 heterocycles. The molecule has 0 saturated carbocycles. The predicted octanol–water partition coefficient (Wildman–Crippen LogP) is 4.06. The molecule has 1 atom stereocenters. The molecule has 0 bridgehead atoms. The van der Waals surface area contributed by atoms with E-state index in [2.05, 4.69) is 0 Å². The first-order valence-electron chi connectivity index (χ1n) is 5.84. The van der Waals surface area contributed by atoms with Crippen LogP contribution in [0.4, 0.5) is 22.0 Å². The van der Waals surface area contributed by atoms with Gasteiger partial charge in [-0.3, -0.25) is 0 Å². The summed E-state index contributed by atoms with van der Waals surface area (Å²) >= 11 is 0. The van der Waals surface area contributed by atoms with Crippen LogP contribution in [-0.4, -0.2) is 17.7 Å². The molecular formula is C13H16F5NO. The summed E-state index contributed by atoms with van der Waals surface area (Å²) in [5.41, 5.74) is 4.21. The average Bonchev–Trinajstić information content (AvgIpc) is 2.25. The van der Waals surface area contributed by atoms with Gasteiger partial charge in [0.05, 0.1) is 0 Å². The quantitative estimate of drug-likeness (QED) is 0.854. The molecule has 1 aromatic carbocycles. The van der Waals surface area contributed by atoms with Crippen LogP contribution in [0, 0.1) is 0 Å². The van der Waals surface area contributed by atoms with Gasteiger partial charge in [-0.1, -0.05) is 12.1 Å². The normalized spacial score (nSPS) is 15.1. The predicted molar refractivity (Wildman–Crippen MR) is 64.8 cm³/mol. The Balaban J connectivity index is 2.94. The molecule has 0 aliphatic rings. The fourth-order valence-electron chi connectivity index (χ4n) is 1.48. The van der Waals surface area contributed by atoms with Gasteiger partial charge in [0.15, 0.2) is 0 Å². The van der Waals surface area contributed by atoms with Gasteiger partial charge in [-0.2, -0.15) is 22.0 Å². The Morgan fingerprint density at radius 3 is 1.75 bits per heavy atom. The van der Waals surface area contributed by atoms with Crippen molar-refractivity contribution < 1.29 is 26.7 Å². The Labute approximate surface area is 113 Å². The Morgan fingerprint density at radius 1 is 0.950 bits per heavy atom. The first kappa shape index (κ1) is 16.7. The SMILES string of the molecule is CC(C)(C)Oc1ccc([C@@H](N)C(F)(F)C(F)(F)F)cc1. The van der Waals surface area contributed by atoms with Gasteiger partial charge in [-0.25, -0.2) is 0 Å². The van der Waals surface area contributed by atoms with E-state index in [1.165, 1.54) is 12.1 Å². The Bertz CT molecular complexity index is 447. The Hall–Kier alpha value is -1.37. The lowest BCUT2D eigenvalue weighted by Crippen LogP contribution is -2.45. The molecule has 0 aromatic heterocycles. The lowest BCUT2D eigenvalue weighted by Gasteiger charge is -2.26. The lowest BCUT2D eigenvalue weighted by atomic mass is 10.0. The number of hydrogen-bond acceptors (Lipinski definition) is 2. The highest BCUT2D eigenvalue weighted by Gasteiger charge is 2.61. The van der Waals surface area contributed by atoms with Gasteiger partial charge in [-0.05, 0) is 38.5 Å². The third-order valence-electron chi connectivity index (χ3n) is 2.43. The minimum atomic E-state index is -5.69. The molecule has 2 nitrogen and oxygen atoms in total. The highest BCUT2D eigenvalue weighted by atomic mass is 19.4. The first-order chi connectivity index (χ1) is 8.84. The van der Waals surface area contributed by atoms with Crippen molar-refractivity contribution in [2.24, 2.45) is 5.73 Å². The van der Waals surface area contributed by atoms with E-state index < -0.39 is 23.7 Å². The summed E-state index contributed by atoms with van der Waals surface area (Å²) < 4.78 is 68.3. The third-order valence-corrected chi connectivity index (χ3v) is 2.43. The molecule has 0 aliphatic heterocycles. The number of ether oxygens (including phenoxy) is 1. The average molecular weight is 297 g/mol. The molecule has 0 amide bonds. The number of halogens is 5. The second kappa shape index (κ2) is 5.20. The largest absolute Gasteiger partial charge is 0.488 e. The van der Waals surface area contributed by atoms with Crippen LogP contribution in [0.2, 0.25) is 0 Å². The highest BCUT2D eigenvalue weighted by Crippen LogP contribution is 2.43. The smallest absolute Gasteiger partial charge is 0.455 e. The van der Waals surface area contributed by atoms with Crippen LogP contribution in [0.5, 0.6) is 5.75 Å². The molecule has 0 aliphatic carbocycles. The van der Waals surface area contributed by atoms with Gasteiger partial charge in [0, 0.05) is 0 Å². The zero-order chi connectivity index (χ0) is 15.8. The van der Waals surface area contributed by atoms with E-state index in [1.54, 1.807) is 20.8 Å². The molecule has 0 fully saturated rings. The fourth-order valence-corrected chi connectivity index (χ4v) is 1.48. The topological polar surface area (TPSA) is 35.2 Å². The van der Waals surface area contributed by atoms with E-state index in [0.29, 0.717) is 5.75 Å². The van der Waals surface area contributed by atoms with Gasteiger partial charge in [-0.15, -0.1) is 0 Å². The second-order valence-electron chi connectivity index (χ2n) is 5.38. The van der Waals surface area contributed by atoms with Gasteiger partial charge in [0.25, 0.3) is 0 Å². The van der Waals surface area contributed by atoms with Crippen molar-refractivity contribution >= 4 is 0 Å². The highest BCUT2D eigenvalue weighted by molar-refractivity contribution is 5.30. The van der Waals surface area contributed by atoms with E-state index in [9.17, 15) is 22.0 Å². The van der Waals surface area contributed by atoms with Crippen LogP contribution in [0.25, 0.3) is 0 Å². The van der Waals surface area contributed by atoms with Crippen LogP contribution in [0.3, 0.4) is 0 Å². The molecule has 2 N–H and O–H groups in total. The van der Waals surface area contributed by atoms with Gasteiger partial charge in [0.1, 0.15) is 17.4 Å². The molecular weight excluding hydrogens is 281 g/mol. The molecule has 7 heteroatoms. The molecule has 114 valence electrons. The monoisotopic (exact) mass is 297 g/mol. The zero-order valence-corrected chi connectivity index (χ0v) is 11.3. The van der Waals surface area contributed by atoms with Crippen molar-refractivity contribution in [1.29, 1.82) is 0 Å². The molecule has 20 heavy (non-hydrogen) atoms. The van der Waals surface area contributed by atoms with Crippen LogP contribution < -0.4 is 10.5 Å². The maximum Gasteiger partial charge on any atom is 0.455 e. The molecule has 1 rings (SSSR count). The summed E-state index contributed by atoms with van der Waals surface area (Å²) in [5, 5.41) is 0. The number of nitrogens with two attached hydrogens (primary N) is 1. The number of hydrogen-bond donors (Lipinski definition) is 1. The Morgan fingerprint density at radius 2 is 1.40 bits per heavy atom. The maximum atomic E-state index is 13.1. The minimum Gasteiger partial charge on any atom is -0.488 e. The molecule has 0 saturated heterocycles. The van der Waals surface area contributed by atoms with Crippen LogP contribution in [0.15, 0.2) is 24.3 Å². The molecule has 1 aromatic rings.